The van der Waals surface area contributed by atoms with Crippen molar-refractivity contribution in [1.82, 2.24) is 4.57 Å². The number of nitrogens with zero attached hydrogens (tertiary/aromatic N) is 1. The van der Waals surface area contributed by atoms with Gasteiger partial charge in [-0.15, -0.1) is 0 Å². The summed E-state index contributed by atoms with van der Waals surface area (Å²) in [6.45, 7) is 3.70. The SMILES string of the molecule is CCn1cc(O)c(=O)cc1C(C)F. The summed E-state index contributed by atoms with van der Waals surface area (Å²) in [5.74, 6) is -0.341. The van der Waals surface area contributed by atoms with Gasteiger partial charge >= 0.3 is 0 Å². The zero-order valence-electron chi connectivity index (χ0n) is 7.62. The summed E-state index contributed by atoms with van der Waals surface area (Å²) in [6, 6.07) is 1.13. The molecule has 1 aromatic rings. The van der Waals surface area contributed by atoms with Crippen LogP contribution >= 0.6 is 0 Å². The van der Waals surface area contributed by atoms with E-state index in [-0.39, 0.29) is 5.75 Å². The maximum Gasteiger partial charge on any atom is 0.223 e. The Kier molecular flexibility index (Phi) is 2.70. The topological polar surface area (TPSA) is 42.2 Å². The normalized spacial score (nSPS) is 12.8. The molecule has 1 unspecified atom stereocenters. The van der Waals surface area contributed by atoms with Crippen LogP contribution in [0.2, 0.25) is 0 Å². The molecule has 1 N–H and O–H groups in total. The van der Waals surface area contributed by atoms with Crippen LogP contribution in [0.3, 0.4) is 0 Å². The summed E-state index contributed by atoms with van der Waals surface area (Å²) in [5.41, 5.74) is -0.241. The molecule has 0 amide bonds. The Balaban J connectivity index is 3.33. The van der Waals surface area contributed by atoms with Crippen molar-refractivity contribution in [3.05, 3.63) is 28.2 Å². The Morgan fingerprint density at radius 2 is 2.31 bits per heavy atom. The second kappa shape index (κ2) is 3.60. The summed E-state index contributed by atoms with van der Waals surface area (Å²) in [4.78, 5) is 11.0. The lowest BCUT2D eigenvalue weighted by molar-refractivity contribution is 0.349. The van der Waals surface area contributed by atoms with Crippen LogP contribution in [0, 0.1) is 0 Å². The first-order valence-electron chi connectivity index (χ1n) is 4.13. The molecule has 0 saturated carbocycles. The molecule has 0 aliphatic carbocycles. The molecule has 1 atom stereocenters. The lowest BCUT2D eigenvalue weighted by atomic mass is 10.2. The molecular weight excluding hydrogens is 173 g/mol. The van der Waals surface area contributed by atoms with E-state index in [0.717, 1.165) is 6.07 Å². The van der Waals surface area contributed by atoms with Crippen LogP contribution in [0.15, 0.2) is 17.1 Å². The standard InChI is InChI=1S/C9H12FNO2/c1-3-11-5-9(13)8(12)4-7(11)6(2)10/h4-6,13H,3H2,1-2H3. The molecule has 0 spiro atoms. The summed E-state index contributed by atoms with van der Waals surface area (Å²) in [5, 5.41) is 9.08. The van der Waals surface area contributed by atoms with Crippen LogP contribution in [0.1, 0.15) is 25.7 Å². The number of rotatable bonds is 2. The second-order valence-corrected chi connectivity index (χ2v) is 2.85. The minimum absolute atomic E-state index is 0.297. The molecule has 0 radical (unpaired) electrons. The fourth-order valence-corrected chi connectivity index (χ4v) is 1.19. The van der Waals surface area contributed by atoms with E-state index in [9.17, 15) is 9.18 Å². The Bertz CT molecular complexity index is 357. The maximum absolute atomic E-state index is 13.0. The van der Waals surface area contributed by atoms with Crippen molar-refractivity contribution >= 4 is 0 Å². The highest BCUT2D eigenvalue weighted by Gasteiger charge is 2.09. The fraction of sp³-hybridized carbons (Fsp3) is 0.444. The van der Waals surface area contributed by atoms with E-state index in [1.54, 1.807) is 0 Å². The molecule has 0 fully saturated rings. The summed E-state index contributed by atoms with van der Waals surface area (Å²) in [7, 11) is 0. The highest BCUT2D eigenvalue weighted by atomic mass is 19.1. The van der Waals surface area contributed by atoms with E-state index in [1.165, 1.54) is 17.7 Å². The van der Waals surface area contributed by atoms with Gasteiger partial charge in [0.15, 0.2) is 5.75 Å². The van der Waals surface area contributed by atoms with E-state index in [4.69, 9.17) is 5.11 Å². The van der Waals surface area contributed by atoms with Gasteiger partial charge in [0.2, 0.25) is 5.43 Å². The van der Waals surface area contributed by atoms with Crippen molar-refractivity contribution in [3.63, 3.8) is 0 Å². The van der Waals surface area contributed by atoms with Crippen molar-refractivity contribution in [2.75, 3.05) is 0 Å². The highest BCUT2D eigenvalue weighted by Crippen LogP contribution is 2.16. The first-order chi connectivity index (χ1) is 6.06. The van der Waals surface area contributed by atoms with Crippen molar-refractivity contribution in [2.45, 2.75) is 26.6 Å². The lowest BCUT2D eigenvalue weighted by Gasteiger charge is -2.11. The van der Waals surface area contributed by atoms with Crippen molar-refractivity contribution in [1.29, 1.82) is 0 Å². The number of aromatic hydroxyl groups is 1. The van der Waals surface area contributed by atoms with Gasteiger partial charge in [0, 0.05) is 12.6 Å². The van der Waals surface area contributed by atoms with Crippen LogP contribution in [-0.4, -0.2) is 9.67 Å². The number of halogens is 1. The third kappa shape index (κ3) is 1.88. The van der Waals surface area contributed by atoms with Gasteiger partial charge in [-0.3, -0.25) is 4.79 Å². The Hall–Kier alpha value is -1.32. The number of hydrogen-bond donors (Lipinski definition) is 1. The lowest BCUT2D eigenvalue weighted by Crippen LogP contribution is -2.11. The second-order valence-electron chi connectivity index (χ2n) is 2.85. The average molecular weight is 185 g/mol. The molecule has 0 bridgehead atoms. The van der Waals surface area contributed by atoms with Crippen LogP contribution in [0.25, 0.3) is 0 Å². The maximum atomic E-state index is 13.0. The first kappa shape index (κ1) is 9.77. The largest absolute Gasteiger partial charge is 0.503 e. The van der Waals surface area contributed by atoms with Crippen molar-refractivity contribution < 1.29 is 9.50 Å². The average Bonchev–Trinajstić information content (AvgIpc) is 2.08. The van der Waals surface area contributed by atoms with E-state index in [1.807, 2.05) is 6.92 Å². The zero-order valence-corrected chi connectivity index (χ0v) is 7.62. The molecule has 0 saturated heterocycles. The van der Waals surface area contributed by atoms with Crippen LogP contribution in [0.4, 0.5) is 4.39 Å². The predicted molar refractivity (Wildman–Crippen MR) is 47.6 cm³/mol. The third-order valence-electron chi connectivity index (χ3n) is 1.89. The fourth-order valence-electron chi connectivity index (χ4n) is 1.19. The third-order valence-corrected chi connectivity index (χ3v) is 1.89. The van der Waals surface area contributed by atoms with Gasteiger partial charge in [0.1, 0.15) is 6.17 Å². The van der Waals surface area contributed by atoms with Crippen LogP contribution < -0.4 is 5.43 Å². The van der Waals surface area contributed by atoms with Crippen molar-refractivity contribution in [3.8, 4) is 5.75 Å². The van der Waals surface area contributed by atoms with E-state index >= 15 is 0 Å². The van der Waals surface area contributed by atoms with Crippen LogP contribution in [0.5, 0.6) is 5.75 Å². The molecule has 13 heavy (non-hydrogen) atoms. The van der Waals surface area contributed by atoms with Gasteiger partial charge in [-0.2, -0.15) is 0 Å². The Morgan fingerprint density at radius 1 is 1.69 bits per heavy atom. The first-order valence-corrected chi connectivity index (χ1v) is 4.13. The Labute approximate surface area is 75.4 Å². The molecular formula is C9H12FNO2. The molecule has 0 aromatic carbocycles. The van der Waals surface area contributed by atoms with E-state index < -0.39 is 11.6 Å². The predicted octanol–water partition coefficient (Wildman–Crippen LogP) is 1.60. The molecule has 3 nitrogen and oxygen atoms in total. The molecule has 0 aliphatic rings. The quantitative estimate of drug-likeness (QED) is 0.760. The Morgan fingerprint density at radius 3 is 2.77 bits per heavy atom. The highest BCUT2D eigenvalue weighted by molar-refractivity contribution is 5.21. The van der Waals surface area contributed by atoms with Gasteiger partial charge in [-0.05, 0) is 13.8 Å². The smallest absolute Gasteiger partial charge is 0.223 e. The van der Waals surface area contributed by atoms with Gasteiger partial charge in [0.25, 0.3) is 0 Å². The summed E-state index contributed by atoms with van der Waals surface area (Å²) < 4.78 is 14.5. The van der Waals surface area contributed by atoms with Gasteiger partial charge in [-0.25, -0.2) is 4.39 Å². The van der Waals surface area contributed by atoms with Gasteiger partial charge in [0.05, 0.1) is 11.9 Å². The number of hydrogen-bond acceptors (Lipinski definition) is 2. The summed E-state index contributed by atoms with van der Waals surface area (Å²) >= 11 is 0. The van der Waals surface area contributed by atoms with Crippen LogP contribution in [-0.2, 0) is 6.54 Å². The number of pyridine rings is 1. The number of aryl methyl sites for hydroxylation is 1. The molecule has 1 aromatic heterocycles. The molecule has 72 valence electrons. The number of aromatic nitrogens is 1. The molecule has 0 aliphatic heterocycles. The molecule has 1 heterocycles. The molecule has 4 heteroatoms. The molecule has 1 rings (SSSR count). The monoisotopic (exact) mass is 185 g/mol. The van der Waals surface area contributed by atoms with Gasteiger partial charge < -0.3 is 9.67 Å². The van der Waals surface area contributed by atoms with Gasteiger partial charge in [-0.1, -0.05) is 0 Å². The van der Waals surface area contributed by atoms with Crippen molar-refractivity contribution in [2.24, 2.45) is 0 Å². The minimum Gasteiger partial charge on any atom is -0.503 e. The number of alkyl halides is 1. The van der Waals surface area contributed by atoms with E-state index in [0.29, 0.717) is 12.2 Å². The minimum atomic E-state index is -1.20. The summed E-state index contributed by atoms with van der Waals surface area (Å²) in [6.07, 6.45) is 0.0570. The van der Waals surface area contributed by atoms with E-state index in [2.05, 4.69) is 0 Å². The zero-order chi connectivity index (χ0) is 10.0.